The lowest BCUT2D eigenvalue weighted by atomic mass is 10.2. The minimum absolute atomic E-state index is 0.104. The monoisotopic (exact) mass is 429 g/mol. The molecular formula is C25H23N3O2S. The zero-order chi connectivity index (χ0) is 21.8. The molecule has 4 aromatic rings. The maximum absolute atomic E-state index is 13.4. The summed E-state index contributed by atoms with van der Waals surface area (Å²) in [4.78, 5) is 30.9. The van der Waals surface area contributed by atoms with Crippen LogP contribution < -0.4 is 10.9 Å². The molecule has 31 heavy (non-hydrogen) atoms. The highest BCUT2D eigenvalue weighted by atomic mass is 32.2. The van der Waals surface area contributed by atoms with Crippen molar-refractivity contribution in [1.82, 2.24) is 14.9 Å². The first-order valence-electron chi connectivity index (χ1n) is 10.1. The average Bonchev–Trinajstić information content (AvgIpc) is 2.79. The van der Waals surface area contributed by atoms with Gasteiger partial charge in [-0.3, -0.25) is 14.2 Å². The van der Waals surface area contributed by atoms with E-state index in [2.05, 4.69) is 5.32 Å². The van der Waals surface area contributed by atoms with Crippen LogP contribution in [0.15, 0.2) is 88.8 Å². The van der Waals surface area contributed by atoms with Crippen molar-refractivity contribution >= 4 is 28.6 Å². The van der Waals surface area contributed by atoms with Crippen molar-refractivity contribution in [2.75, 3.05) is 0 Å². The molecule has 4 rings (SSSR count). The second kappa shape index (κ2) is 9.18. The zero-order valence-electron chi connectivity index (χ0n) is 17.4. The minimum atomic E-state index is -0.424. The Morgan fingerprint density at radius 2 is 1.68 bits per heavy atom. The van der Waals surface area contributed by atoms with E-state index in [4.69, 9.17) is 4.98 Å². The van der Waals surface area contributed by atoms with Crippen LogP contribution in [0.4, 0.5) is 0 Å². The highest BCUT2D eigenvalue weighted by Crippen LogP contribution is 2.26. The number of thioether (sulfide) groups is 1. The van der Waals surface area contributed by atoms with Gasteiger partial charge in [0.1, 0.15) is 0 Å². The van der Waals surface area contributed by atoms with Crippen molar-refractivity contribution in [3.05, 3.63) is 100 Å². The third kappa shape index (κ3) is 4.54. The Hall–Kier alpha value is -3.38. The van der Waals surface area contributed by atoms with E-state index in [9.17, 15) is 9.59 Å². The van der Waals surface area contributed by atoms with Crippen molar-refractivity contribution in [3.63, 3.8) is 0 Å². The second-order valence-electron chi connectivity index (χ2n) is 7.30. The Morgan fingerprint density at radius 3 is 2.45 bits per heavy atom. The molecule has 1 heterocycles. The normalized spacial score (nSPS) is 11.9. The number of hydrogen-bond acceptors (Lipinski definition) is 4. The number of benzene rings is 3. The average molecular weight is 430 g/mol. The van der Waals surface area contributed by atoms with E-state index in [1.54, 1.807) is 10.6 Å². The van der Waals surface area contributed by atoms with Gasteiger partial charge in [0.25, 0.3) is 5.56 Å². The summed E-state index contributed by atoms with van der Waals surface area (Å²) in [5.41, 5.74) is 3.25. The van der Waals surface area contributed by atoms with Crippen molar-refractivity contribution in [2.45, 2.75) is 30.8 Å². The third-order valence-corrected chi connectivity index (χ3v) is 6.11. The summed E-state index contributed by atoms with van der Waals surface area (Å²) >= 11 is 1.29. The third-order valence-electron chi connectivity index (χ3n) is 5.06. The van der Waals surface area contributed by atoms with Crippen LogP contribution in [0.25, 0.3) is 16.6 Å². The Balaban J connectivity index is 1.68. The van der Waals surface area contributed by atoms with Gasteiger partial charge in [-0.05, 0) is 43.2 Å². The standard InChI is InChI=1S/C25H23N3O2S/c1-17-10-6-9-15-22(17)28-24(30)20-13-7-8-14-21(20)27-25(28)31-18(2)23(29)26-16-19-11-4-3-5-12-19/h3-15,18H,16H2,1-2H3,(H,26,29). The number of hydrogen-bond donors (Lipinski definition) is 1. The lowest BCUT2D eigenvalue weighted by molar-refractivity contribution is -0.120. The molecule has 5 nitrogen and oxygen atoms in total. The number of nitrogens with zero attached hydrogens (tertiary/aromatic N) is 2. The van der Waals surface area contributed by atoms with Crippen LogP contribution in [0, 0.1) is 6.92 Å². The number of aromatic nitrogens is 2. The molecule has 0 aliphatic carbocycles. The molecule has 1 atom stereocenters. The molecular weight excluding hydrogens is 406 g/mol. The van der Waals surface area contributed by atoms with Crippen molar-refractivity contribution in [2.24, 2.45) is 0 Å². The maximum Gasteiger partial charge on any atom is 0.266 e. The molecule has 156 valence electrons. The molecule has 0 saturated carbocycles. The van der Waals surface area contributed by atoms with Crippen LogP contribution in [0.2, 0.25) is 0 Å². The van der Waals surface area contributed by atoms with Gasteiger partial charge in [0.2, 0.25) is 5.91 Å². The lowest BCUT2D eigenvalue weighted by Crippen LogP contribution is -2.31. The van der Waals surface area contributed by atoms with Gasteiger partial charge in [-0.2, -0.15) is 0 Å². The number of fused-ring (bicyclic) bond motifs is 1. The molecule has 0 spiro atoms. The van der Waals surface area contributed by atoms with Gasteiger partial charge in [0, 0.05) is 6.54 Å². The molecule has 0 bridgehead atoms. The fourth-order valence-electron chi connectivity index (χ4n) is 3.36. The summed E-state index contributed by atoms with van der Waals surface area (Å²) in [6.07, 6.45) is 0. The quantitative estimate of drug-likeness (QED) is 0.362. The first-order chi connectivity index (χ1) is 15.0. The Morgan fingerprint density at radius 1 is 1.00 bits per heavy atom. The number of rotatable bonds is 6. The van der Waals surface area contributed by atoms with E-state index >= 15 is 0 Å². The van der Waals surface area contributed by atoms with E-state index in [0.717, 1.165) is 16.8 Å². The topological polar surface area (TPSA) is 64.0 Å². The van der Waals surface area contributed by atoms with E-state index in [1.807, 2.05) is 86.6 Å². The van der Waals surface area contributed by atoms with Gasteiger partial charge in [0.15, 0.2) is 5.16 Å². The van der Waals surface area contributed by atoms with Crippen LogP contribution in [0.5, 0.6) is 0 Å². The van der Waals surface area contributed by atoms with Gasteiger partial charge < -0.3 is 5.32 Å². The van der Waals surface area contributed by atoms with Crippen LogP contribution >= 0.6 is 11.8 Å². The predicted molar refractivity (Wildman–Crippen MR) is 126 cm³/mol. The molecule has 0 aliphatic heterocycles. The van der Waals surface area contributed by atoms with Gasteiger partial charge in [-0.25, -0.2) is 4.98 Å². The second-order valence-corrected chi connectivity index (χ2v) is 8.61. The molecule has 1 N–H and O–H groups in total. The largest absolute Gasteiger partial charge is 0.351 e. The Kier molecular flexibility index (Phi) is 6.18. The summed E-state index contributed by atoms with van der Waals surface area (Å²) in [6.45, 7) is 4.25. The molecule has 3 aromatic carbocycles. The molecule has 1 amide bonds. The SMILES string of the molecule is Cc1ccccc1-n1c(SC(C)C(=O)NCc2ccccc2)nc2ccccc2c1=O. The molecule has 0 fully saturated rings. The molecule has 1 unspecified atom stereocenters. The fourth-order valence-corrected chi connectivity index (χ4v) is 4.30. The van der Waals surface area contributed by atoms with Crippen LogP contribution in [0.1, 0.15) is 18.1 Å². The van der Waals surface area contributed by atoms with E-state index in [0.29, 0.717) is 22.6 Å². The Labute approximate surface area is 185 Å². The molecule has 1 aromatic heterocycles. The van der Waals surface area contributed by atoms with Crippen molar-refractivity contribution < 1.29 is 4.79 Å². The highest BCUT2D eigenvalue weighted by Gasteiger charge is 2.20. The van der Waals surface area contributed by atoms with Crippen molar-refractivity contribution in [3.8, 4) is 5.69 Å². The Bertz CT molecular complexity index is 1280. The van der Waals surface area contributed by atoms with Gasteiger partial charge in [-0.1, -0.05) is 72.4 Å². The predicted octanol–water partition coefficient (Wildman–Crippen LogP) is 4.49. The number of nitrogens with one attached hydrogen (secondary N) is 1. The number of carbonyl (C=O) groups excluding carboxylic acids is 1. The summed E-state index contributed by atoms with van der Waals surface area (Å²) in [7, 11) is 0. The first kappa shape index (κ1) is 20.9. The van der Waals surface area contributed by atoms with E-state index in [1.165, 1.54) is 11.8 Å². The smallest absolute Gasteiger partial charge is 0.266 e. The zero-order valence-corrected chi connectivity index (χ0v) is 18.2. The van der Waals surface area contributed by atoms with E-state index in [-0.39, 0.29) is 11.5 Å². The number of carbonyl (C=O) groups is 1. The van der Waals surface area contributed by atoms with E-state index < -0.39 is 5.25 Å². The summed E-state index contributed by atoms with van der Waals surface area (Å²) in [6, 6.07) is 24.8. The number of para-hydroxylation sites is 2. The van der Waals surface area contributed by atoms with Gasteiger partial charge in [0.05, 0.1) is 21.8 Å². The summed E-state index contributed by atoms with van der Waals surface area (Å²) in [5.74, 6) is -0.104. The molecule has 0 saturated heterocycles. The van der Waals surface area contributed by atoms with Crippen molar-refractivity contribution in [1.29, 1.82) is 0 Å². The van der Waals surface area contributed by atoms with Gasteiger partial charge in [-0.15, -0.1) is 0 Å². The van der Waals surface area contributed by atoms with Gasteiger partial charge >= 0.3 is 0 Å². The van der Waals surface area contributed by atoms with Crippen LogP contribution in [-0.2, 0) is 11.3 Å². The number of aryl methyl sites for hydroxylation is 1. The van der Waals surface area contributed by atoms with Crippen LogP contribution in [-0.4, -0.2) is 20.7 Å². The summed E-state index contributed by atoms with van der Waals surface area (Å²) in [5, 5.41) is 3.59. The summed E-state index contributed by atoms with van der Waals surface area (Å²) < 4.78 is 1.61. The number of amides is 1. The lowest BCUT2D eigenvalue weighted by Gasteiger charge is -2.17. The minimum Gasteiger partial charge on any atom is -0.351 e. The molecule has 0 aliphatic rings. The highest BCUT2D eigenvalue weighted by molar-refractivity contribution is 8.00. The molecule has 6 heteroatoms. The first-order valence-corrected chi connectivity index (χ1v) is 11.0. The van der Waals surface area contributed by atoms with Crippen LogP contribution in [0.3, 0.4) is 0 Å². The fraction of sp³-hybridized carbons (Fsp3) is 0.160. The molecule has 0 radical (unpaired) electrons. The maximum atomic E-state index is 13.4.